The van der Waals surface area contributed by atoms with E-state index in [1.54, 1.807) is 6.33 Å². The lowest BCUT2D eigenvalue weighted by Gasteiger charge is -2.35. The van der Waals surface area contributed by atoms with E-state index in [0.717, 1.165) is 19.3 Å². The maximum absolute atomic E-state index is 4.50. The summed E-state index contributed by atoms with van der Waals surface area (Å²) in [6, 6.07) is 21.2. The van der Waals surface area contributed by atoms with Gasteiger partial charge in [0.1, 0.15) is 18.2 Å². The quantitative estimate of drug-likeness (QED) is 0.679. The SMILES string of the molecule is CCCCC(c1ccccc1)(c1ccccc1)n1cncn1. The monoisotopic (exact) mass is 291 g/mol. The van der Waals surface area contributed by atoms with Gasteiger partial charge in [-0.05, 0) is 17.5 Å². The highest BCUT2D eigenvalue weighted by Gasteiger charge is 2.36. The molecule has 0 spiro atoms. The second-order valence-corrected chi connectivity index (χ2v) is 5.54. The zero-order valence-corrected chi connectivity index (χ0v) is 12.9. The van der Waals surface area contributed by atoms with Gasteiger partial charge < -0.3 is 0 Å². The molecule has 0 aliphatic rings. The van der Waals surface area contributed by atoms with Crippen molar-refractivity contribution in [2.75, 3.05) is 0 Å². The Balaban J connectivity index is 2.23. The van der Waals surface area contributed by atoms with Crippen LogP contribution in [0.25, 0.3) is 0 Å². The van der Waals surface area contributed by atoms with Crippen LogP contribution in [0.2, 0.25) is 0 Å². The van der Waals surface area contributed by atoms with E-state index in [0.29, 0.717) is 0 Å². The topological polar surface area (TPSA) is 30.7 Å². The molecule has 0 unspecified atom stereocenters. The van der Waals surface area contributed by atoms with Crippen molar-refractivity contribution >= 4 is 0 Å². The molecule has 0 saturated carbocycles. The third-order valence-corrected chi connectivity index (χ3v) is 4.20. The number of hydrogen-bond donors (Lipinski definition) is 0. The molecule has 1 aromatic heterocycles. The summed E-state index contributed by atoms with van der Waals surface area (Å²) in [5, 5.41) is 4.50. The van der Waals surface area contributed by atoms with Crippen LogP contribution in [0.15, 0.2) is 73.3 Å². The minimum Gasteiger partial charge on any atom is -0.238 e. The molecule has 0 aliphatic heterocycles. The molecule has 0 atom stereocenters. The summed E-state index contributed by atoms with van der Waals surface area (Å²) in [4.78, 5) is 4.20. The molecule has 0 N–H and O–H groups in total. The van der Waals surface area contributed by atoms with Crippen molar-refractivity contribution in [1.82, 2.24) is 14.8 Å². The Morgan fingerprint density at radius 2 is 1.50 bits per heavy atom. The van der Waals surface area contributed by atoms with E-state index in [4.69, 9.17) is 0 Å². The van der Waals surface area contributed by atoms with Crippen LogP contribution in [0.4, 0.5) is 0 Å². The van der Waals surface area contributed by atoms with E-state index >= 15 is 0 Å². The molecule has 3 aromatic rings. The lowest BCUT2D eigenvalue weighted by molar-refractivity contribution is 0.348. The van der Waals surface area contributed by atoms with E-state index in [1.807, 2.05) is 11.0 Å². The highest BCUT2D eigenvalue weighted by molar-refractivity contribution is 5.39. The highest BCUT2D eigenvalue weighted by atomic mass is 15.4. The average Bonchev–Trinajstić information content (AvgIpc) is 3.13. The molecule has 0 aliphatic carbocycles. The Kier molecular flexibility index (Phi) is 4.33. The molecule has 0 saturated heterocycles. The predicted molar refractivity (Wildman–Crippen MR) is 88.6 cm³/mol. The maximum Gasteiger partial charge on any atom is 0.137 e. The van der Waals surface area contributed by atoms with Gasteiger partial charge in [-0.3, -0.25) is 0 Å². The predicted octanol–water partition coefficient (Wildman–Crippen LogP) is 4.26. The van der Waals surface area contributed by atoms with Crippen LogP contribution in [0, 0.1) is 0 Å². The number of nitrogens with zero attached hydrogens (tertiary/aromatic N) is 3. The van der Waals surface area contributed by atoms with Crippen molar-refractivity contribution in [1.29, 1.82) is 0 Å². The number of aromatic nitrogens is 3. The Morgan fingerprint density at radius 1 is 0.909 bits per heavy atom. The van der Waals surface area contributed by atoms with Gasteiger partial charge in [0.15, 0.2) is 0 Å². The summed E-state index contributed by atoms with van der Waals surface area (Å²) in [5.74, 6) is 0. The minimum absolute atomic E-state index is 0.297. The molecule has 112 valence electrons. The zero-order chi connectivity index (χ0) is 15.3. The van der Waals surface area contributed by atoms with Gasteiger partial charge in [-0.1, -0.05) is 80.4 Å². The van der Waals surface area contributed by atoms with E-state index in [9.17, 15) is 0 Å². The van der Waals surface area contributed by atoms with E-state index in [2.05, 4.69) is 77.7 Å². The highest BCUT2D eigenvalue weighted by Crippen LogP contribution is 2.37. The largest absolute Gasteiger partial charge is 0.238 e. The molecule has 2 aromatic carbocycles. The van der Waals surface area contributed by atoms with E-state index < -0.39 is 0 Å². The first-order valence-corrected chi connectivity index (χ1v) is 7.84. The molecule has 3 heteroatoms. The summed E-state index contributed by atoms with van der Waals surface area (Å²) >= 11 is 0. The molecule has 0 fully saturated rings. The van der Waals surface area contributed by atoms with Crippen LogP contribution in [-0.4, -0.2) is 14.8 Å². The molecule has 0 amide bonds. The molecular formula is C19H21N3. The zero-order valence-electron chi connectivity index (χ0n) is 12.9. The summed E-state index contributed by atoms with van der Waals surface area (Å²) in [7, 11) is 0. The van der Waals surface area contributed by atoms with Crippen molar-refractivity contribution in [3.05, 3.63) is 84.4 Å². The van der Waals surface area contributed by atoms with Crippen LogP contribution >= 0.6 is 0 Å². The van der Waals surface area contributed by atoms with Crippen molar-refractivity contribution < 1.29 is 0 Å². The van der Waals surface area contributed by atoms with Crippen molar-refractivity contribution in [2.45, 2.75) is 31.7 Å². The van der Waals surface area contributed by atoms with Crippen LogP contribution in [0.3, 0.4) is 0 Å². The normalized spacial score (nSPS) is 11.5. The second-order valence-electron chi connectivity index (χ2n) is 5.54. The minimum atomic E-state index is -0.297. The fourth-order valence-electron chi connectivity index (χ4n) is 3.10. The first-order valence-electron chi connectivity index (χ1n) is 7.84. The number of unbranched alkanes of at least 4 members (excludes halogenated alkanes) is 1. The smallest absolute Gasteiger partial charge is 0.137 e. The van der Waals surface area contributed by atoms with Gasteiger partial charge in [-0.25, -0.2) is 9.67 Å². The van der Waals surface area contributed by atoms with Crippen molar-refractivity contribution in [3.63, 3.8) is 0 Å². The molecule has 3 rings (SSSR count). The summed E-state index contributed by atoms with van der Waals surface area (Å²) < 4.78 is 2.01. The Hall–Kier alpha value is -2.42. The van der Waals surface area contributed by atoms with Gasteiger partial charge in [0.2, 0.25) is 0 Å². The molecule has 22 heavy (non-hydrogen) atoms. The second kappa shape index (κ2) is 6.56. The third kappa shape index (κ3) is 2.54. The van der Waals surface area contributed by atoms with Gasteiger partial charge in [-0.2, -0.15) is 5.10 Å². The Bertz CT molecular complexity index is 636. The molecule has 3 nitrogen and oxygen atoms in total. The summed E-state index contributed by atoms with van der Waals surface area (Å²) in [6.07, 6.45) is 6.73. The lowest BCUT2D eigenvalue weighted by Crippen LogP contribution is -2.37. The van der Waals surface area contributed by atoms with Crippen LogP contribution in [0.1, 0.15) is 37.3 Å². The van der Waals surface area contributed by atoms with Crippen LogP contribution in [-0.2, 0) is 5.54 Å². The number of hydrogen-bond acceptors (Lipinski definition) is 2. The average molecular weight is 291 g/mol. The lowest BCUT2D eigenvalue weighted by atomic mass is 9.79. The number of rotatable bonds is 6. The van der Waals surface area contributed by atoms with Crippen molar-refractivity contribution in [2.24, 2.45) is 0 Å². The van der Waals surface area contributed by atoms with E-state index in [-0.39, 0.29) is 5.54 Å². The van der Waals surface area contributed by atoms with Crippen molar-refractivity contribution in [3.8, 4) is 0 Å². The third-order valence-electron chi connectivity index (χ3n) is 4.20. The standard InChI is InChI=1S/C19H21N3/c1-2-3-14-19(22-16-20-15-21-22,17-10-6-4-7-11-17)18-12-8-5-9-13-18/h4-13,15-16H,2-3,14H2,1H3. The fourth-order valence-corrected chi connectivity index (χ4v) is 3.10. The molecule has 0 bridgehead atoms. The molecular weight excluding hydrogens is 270 g/mol. The summed E-state index contributed by atoms with van der Waals surface area (Å²) in [6.45, 7) is 2.22. The Labute approximate surface area is 131 Å². The van der Waals surface area contributed by atoms with Gasteiger partial charge in [0.25, 0.3) is 0 Å². The van der Waals surface area contributed by atoms with Crippen LogP contribution in [0.5, 0.6) is 0 Å². The van der Waals surface area contributed by atoms with E-state index in [1.165, 1.54) is 11.1 Å². The molecule has 1 heterocycles. The van der Waals surface area contributed by atoms with Crippen LogP contribution < -0.4 is 0 Å². The van der Waals surface area contributed by atoms with Gasteiger partial charge in [0, 0.05) is 0 Å². The first kappa shape index (κ1) is 14.5. The first-order chi connectivity index (χ1) is 10.9. The molecule has 0 radical (unpaired) electrons. The number of benzene rings is 2. The maximum atomic E-state index is 4.50. The van der Waals surface area contributed by atoms with Gasteiger partial charge in [0.05, 0.1) is 0 Å². The van der Waals surface area contributed by atoms with Gasteiger partial charge in [-0.15, -0.1) is 0 Å². The van der Waals surface area contributed by atoms with Gasteiger partial charge >= 0.3 is 0 Å². The fraction of sp³-hybridized carbons (Fsp3) is 0.263. The Morgan fingerprint density at radius 3 is 1.95 bits per heavy atom. The summed E-state index contributed by atoms with van der Waals surface area (Å²) in [5.41, 5.74) is 2.20.